The molecule has 2 aromatic rings. The van der Waals surface area contributed by atoms with Gasteiger partial charge in [0.25, 0.3) is 10.0 Å². The number of nitrogens with one attached hydrogen (secondary N) is 1. The SMILES string of the molecule is O=S(=O)(Nc1ccc(F)cc1I)c1ccc(Br)cc1. The average Bonchev–Trinajstić information content (AvgIpc) is 2.33. The number of halogens is 3. The quantitative estimate of drug-likeness (QED) is 0.711. The van der Waals surface area contributed by atoms with Crippen molar-refractivity contribution >= 4 is 54.2 Å². The minimum absolute atomic E-state index is 0.149. The number of hydrogen-bond acceptors (Lipinski definition) is 2. The van der Waals surface area contributed by atoms with E-state index in [1.807, 2.05) is 22.6 Å². The highest BCUT2D eigenvalue weighted by Crippen LogP contribution is 2.23. The molecule has 0 unspecified atom stereocenters. The van der Waals surface area contributed by atoms with Crippen LogP contribution >= 0.6 is 38.5 Å². The minimum Gasteiger partial charge on any atom is -0.279 e. The monoisotopic (exact) mass is 455 g/mol. The first-order valence-electron chi connectivity index (χ1n) is 5.12. The van der Waals surface area contributed by atoms with Gasteiger partial charge in [-0.25, -0.2) is 12.8 Å². The van der Waals surface area contributed by atoms with Gasteiger partial charge >= 0.3 is 0 Å². The lowest BCUT2D eigenvalue weighted by Crippen LogP contribution is -2.13. The molecule has 3 nitrogen and oxygen atoms in total. The van der Waals surface area contributed by atoms with E-state index in [1.165, 1.54) is 30.3 Å². The fourth-order valence-electron chi connectivity index (χ4n) is 1.39. The zero-order valence-electron chi connectivity index (χ0n) is 9.40. The number of hydrogen-bond donors (Lipinski definition) is 1. The van der Waals surface area contributed by atoms with Crippen molar-refractivity contribution in [1.82, 2.24) is 0 Å². The zero-order chi connectivity index (χ0) is 14.0. The summed E-state index contributed by atoms with van der Waals surface area (Å²) in [7, 11) is -3.66. The van der Waals surface area contributed by atoms with E-state index in [0.717, 1.165) is 4.47 Å². The maximum atomic E-state index is 13.0. The van der Waals surface area contributed by atoms with Gasteiger partial charge in [0.05, 0.1) is 10.6 Å². The van der Waals surface area contributed by atoms with Gasteiger partial charge in [0, 0.05) is 8.04 Å². The van der Waals surface area contributed by atoms with E-state index in [0.29, 0.717) is 9.26 Å². The fraction of sp³-hybridized carbons (Fsp3) is 0. The summed E-state index contributed by atoms with van der Waals surface area (Å²) in [5.41, 5.74) is 0.352. The molecule has 0 saturated carbocycles. The normalized spacial score (nSPS) is 11.3. The molecule has 0 saturated heterocycles. The molecule has 2 aromatic carbocycles. The second-order valence-corrected chi connectivity index (χ2v) is 7.44. The lowest BCUT2D eigenvalue weighted by Gasteiger charge is -2.09. The zero-order valence-corrected chi connectivity index (χ0v) is 14.0. The molecule has 0 heterocycles. The van der Waals surface area contributed by atoms with Crippen LogP contribution in [0.3, 0.4) is 0 Å². The van der Waals surface area contributed by atoms with Gasteiger partial charge in [-0.05, 0) is 65.1 Å². The van der Waals surface area contributed by atoms with Crippen LogP contribution in [-0.4, -0.2) is 8.42 Å². The van der Waals surface area contributed by atoms with Crippen molar-refractivity contribution < 1.29 is 12.8 Å². The summed E-state index contributed by atoms with van der Waals surface area (Å²) in [5, 5.41) is 0. The maximum Gasteiger partial charge on any atom is 0.261 e. The van der Waals surface area contributed by atoms with Crippen LogP contribution in [0.5, 0.6) is 0 Å². The summed E-state index contributed by atoms with van der Waals surface area (Å²) >= 11 is 5.12. The van der Waals surface area contributed by atoms with Crippen LogP contribution in [0.15, 0.2) is 51.8 Å². The summed E-state index contributed by atoms with van der Waals surface area (Å²) in [6, 6.07) is 10.1. The van der Waals surface area contributed by atoms with Crippen molar-refractivity contribution in [1.29, 1.82) is 0 Å². The van der Waals surface area contributed by atoms with Crippen LogP contribution in [0.2, 0.25) is 0 Å². The Morgan fingerprint density at radius 3 is 2.32 bits per heavy atom. The van der Waals surface area contributed by atoms with Crippen molar-refractivity contribution in [3.8, 4) is 0 Å². The van der Waals surface area contributed by atoms with Gasteiger partial charge < -0.3 is 0 Å². The summed E-state index contributed by atoms with van der Waals surface area (Å²) in [6.07, 6.45) is 0. The number of anilines is 1. The van der Waals surface area contributed by atoms with Gasteiger partial charge in [0.2, 0.25) is 0 Å². The predicted molar refractivity (Wildman–Crippen MR) is 84.1 cm³/mol. The van der Waals surface area contributed by atoms with Crippen molar-refractivity contribution in [3.05, 3.63) is 56.3 Å². The Bertz CT molecular complexity index is 704. The van der Waals surface area contributed by atoms with Crippen molar-refractivity contribution in [3.63, 3.8) is 0 Å². The molecule has 0 radical (unpaired) electrons. The number of rotatable bonds is 3. The molecule has 0 aromatic heterocycles. The van der Waals surface area contributed by atoms with Crippen LogP contribution in [0.4, 0.5) is 10.1 Å². The Hall–Kier alpha value is -0.670. The van der Waals surface area contributed by atoms with Gasteiger partial charge in [-0.15, -0.1) is 0 Å². The largest absolute Gasteiger partial charge is 0.279 e. The van der Waals surface area contributed by atoms with Crippen LogP contribution in [0.25, 0.3) is 0 Å². The van der Waals surface area contributed by atoms with Crippen LogP contribution in [-0.2, 0) is 10.0 Å². The number of sulfonamides is 1. The first-order valence-corrected chi connectivity index (χ1v) is 8.47. The molecule has 19 heavy (non-hydrogen) atoms. The van der Waals surface area contributed by atoms with E-state index < -0.39 is 15.8 Å². The van der Waals surface area contributed by atoms with Crippen molar-refractivity contribution in [2.24, 2.45) is 0 Å². The van der Waals surface area contributed by atoms with Crippen LogP contribution in [0.1, 0.15) is 0 Å². The predicted octanol–water partition coefficient (Wildman–Crippen LogP) is 3.99. The highest BCUT2D eigenvalue weighted by molar-refractivity contribution is 14.1. The molecule has 0 spiro atoms. The second kappa shape index (κ2) is 5.76. The lowest BCUT2D eigenvalue weighted by atomic mass is 10.3. The molecule has 0 fully saturated rings. The van der Waals surface area contributed by atoms with E-state index in [1.54, 1.807) is 12.1 Å². The van der Waals surface area contributed by atoms with Crippen LogP contribution in [0, 0.1) is 9.39 Å². The van der Waals surface area contributed by atoms with Gasteiger partial charge in [0.1, 0.15) is 5.82 Å². The van der Waals surface area contributed by atoms with E-state index in [2.05, 4.69) is 20.7 Å². The third-order valence-electron chi connectivity index (χ3n) is 2.30. The molecule has 100 valence electrons. The number of benzene rings is 2. The molecular formula is C12H8BrFINO2S. The summed E-state index contributed by atoms with van der Waals surface area (Å²) in [6.45, 7) is 0. The van der Waals surface area contributed by atoms with Crippen molar-refractivity contribution in [2.75, 3.05) is 4.72 Å². The van der Waals surface area contributed by atoms with Gasteiger partial charge in [-0.1, -0.05) is 15.9 Å². The molecule has 7 heteroatoms. The first-order chi connectivity index (χ1) is 8.88. The molecule has 0 amide bonds. The van der Waals surface area contributed by atoms with Gasteiger partial charge in [-0.3, -0.25) is 4.72 Å². The Kier molecular flexibility index (Phi) is 4.46. The molecule has 0 aliphatic carbocycles. The topological polar surface area (TPSA) is 46.2 Å². The summed E-state index contributed by atoms with van der Waals surface area (Å²) in [4.78, 5) is 0.149. The lowest BCUT2D eigenvalue weighted by molar-refractivity contribution is 0.601. The second-order valence-electron chi connectivity index (χ2n) is 3.68. The highest BCUT2D eigenvalue weighted by atomic mass is 127. The van der Waals surface area contributed by atoms with Gasteiger partial charge in [-0.2, -0.15) is 0 Å². The summed E-state index contributed by atoms with van der Waals surface area (Å²) in [5.74, 6) is -0.406. The molecule has 0 aliphatic heterocycles. The Morgan fingerprint density at radius 2 is 1.74 bits per heavy atom. The molecule has 1 N–H and O–H groups in total. The Morgan fingerprint density at radius 1 is 1.11 bits per heavy atom. The van der Waals surface area contributed by atoms with Crippen LogP contribution < -0.4 is 4.72 Å². The highest BCUT2D eigenvalue weighted by Gasteiger charge is 2.15. The van der Waals surface area contributed by atoms with Gasteiger partial charge in [0.15, 0.2) is 0 Å². The molecule has 0 bridgehead atoms. The molecule has 0 aliphatic rings. The van der Waals surface area contributed by atoms with E-state index in [4.69, 9.17) is 0 Å². The Balaban J connectivity index is 2.33. The summed E-state index contributed by atoms with van der Waals surface area (Å²) < 4.78 is 40.9. The molecule has 0 atom stereocenters. The average molecular weight is 456 g/mol. The molecular weight excluding hydrogens is 448 g/mol. The Labute approximate surface area is 132 Å². The standard InChI is InChI=1S/C12H8BrFINO2S/c13-8-1-4-10(5-2-8)19(17,18)16-12-6-3-9(14)7-11(12)15/h1-7,16H. The van der Waals surface area contributed by atoms with E-state index >= 15 is 0 Å². The maximum absolute atomic E-state index is 13.0. The minimum atomic E-state index is -3.66. The fourth-order valence-corrected chi connectivity index (χ4v) is 3.53. The van der Waals surface area contributed by atoms with E-state index in [-0.39, 0.29) is 4.90 Å². The smallest absolute Gasteiger partial charge is 0.261 e. The van der Waals surface area contributed by atoms with E-state index in [9.17, 15) is 12.8 Å². The third kappa shape index (κ3) is 3.67. The van der Waals surface area contributed by atoms with Crippen molar-refractivity contribution in [2.45, 2.75) is 4.90 Å². The third-order valence-corrected chi connectivity index (χ3v) is 5.10. The first kappa shape index (κ1) is 14.7. The molecule has 2 rings (SSSR count).